The van der Waals surface area contributed by atoms with Gasteiger partial charge in [0, 0.05) is 4.83 Å². The van der Waals surface area contributed by atoms with Gasteiger partial charge in [-0.3, -0.25) is 0 Å². The normalized spacial score (nSPS) is 57.0. The maximum absolute atomic E-state index is 3.81. The Bertz CT molecular complexity index is 237. The molecule has 1 heteroatoms. The van der Waals surface area contributed by atoms with Crippen molar-refractivity contribution in [3.8, 4) is 0 Å². The number of hydrogen-bond donors (Lipinski definition) is 0. The molecule has 14 heavy (non-hydrogen) atoms. The summed E-state index contributed by atoms with van der Waals surface area (Å²) >= 11 is 3.81. The number of halogens is 1. The Labute approximate surface area is 96.0 Å². The molecule has 0 aromatic heterocycles. The van der Waals surface area contributed by atoms with Gasteiger partial charge in [-0.15, -0.1) is 0 Å². The van der Waals surface area contributed by atoms with Crippen molar-refractivity contribution in [3.05, 3.63) is 0 Å². The first-order chi connectivity index (χ1) is 6.67. The lowest BCUT2D eigenvalue weighted by Gasteiger charge is -2.37. The van der Waals surface area contributed by atoms with Gasteiger partial charge in [0.1, 0.15) is 0 Å². The van der Waals surface area contributed by atoms with Crippen LogP contribution in [0.15, 0.2) is 0 Å². The van der Waals surface area contributed by atoms with Crippen LogP contribution < -0.4 is 0 Å². The standard InChI is InChI=1S/C13H21Br/c1-13(5-4-11(14)8-13)12-7-9-2-3-10(12)6-9/h9-12H,2-8H2,1H3. The van der Waals surface area contributed by atoms with E-state index in [1.807, 2.05) is 0 Å². The van der Waals surface area contributed by atoms with Gasteiger partial charge >= 0.3 is 0 Å². The van der Waals surface area contributed by atoms with Crippen molar-refractivity contribution in [3.63, 3.8) is 0 Å². The molecule has 0 heterocycles. The second-order valence-corrected chi connectivity index (χ2v) is 7.57. The Kier molecular flexibility index (Phi) is 2.24. The third kappa shape index (κ3) is 1.38. The van der Waals surface area contributed by atoms with Crippen molar-refractivity contribution < 1.29 is 0 Å². The second kappa shape index (κ2) is 3.23. The summed E-state index contributed by atoms with van der Waals surface area (Å²) < 4.78 is 0. The van der Waals surface area contributed by atoms with Crippen molar-refractivity contribution in [1.82, 2.24) is 0 Å². The summed E-state index contributed by atoms with van der Waals surface area (Å²) in [6.45, 7) is 2.57. The third-order valence-corrected chi connectivity index (χ3v) is 6.13. The molecule has 2 bridgehead atoms. The molecule has 0 spiro atoms. The Morgan fingerprint density at radius 2 is 2.00 bits per heavy atom. The molecule has 0 N–H and O–H groups in total. The van der Waals surface area contributed by atoms with Crippen molar-refractivity contribution in [2.24, 2.45) is 23.2 Å². The van der Waals surface area contributed by atoms with Gasteiger partial charge in [0.25, 0.3) is 0 Å². The van der Waals surface area contributed by atoms with E-state index in [2.05, 4.69) is 22.9 Å². The molecule has 3 saturated carbocycles. The van der Waals surface area contributed by atoms with Crippen molar-refractivity contribution >= 4 is 15.9 Å². The van der Waals surface area contributed by atoms with Crippen LogP contribution in [0.25, 0.3) is 0 Å². The highest BCUT2D eigenvalue weighted by atomic mass is 79.9. The molecule has 0 nitrogen and oxygen atoms in total. The van der Waals surface area contributed by atoms with E-state index in [1.165, 1.54) is 19.3 Å². The summed E-state index contributed by atoms with van der Waals surface area (Å²) in [7, 11) is 0. The molecule has 0 aliphatic heterocycles. The lowest BCUT2D eigenvalue weighted by atomic mass is 9.68. The topological polar surface area (TPSA) is 0 Å². The second-order valence-electron chi connectivity index (χ2n) is 6.28. The highest BCUT2D eigenvalue weighted by Crippen LogP contribution is 2.59. The Morgan fingerprint density at radius 3 is 2.50 bits per heavy atom. The largest absolute Gasteiger partial charge is 0.0890 e. The molecule has 3 aliphatic rings. The third-order valence-electron chi connectivity index (χ3n) is 5.35. The summed E-state index contributed by atoms with van der Waals surface area (Å²) in [6.07, 6.45) is 10.6. The number of hydrogen-bond acceptors (Lipinski definition) is 0. The van der Waals surface area contributed by atoms with Crippen LogP contribution in [0, 0.1) is 23.2 Å². The van der Waals surface area contributed by atoms with Crippen LogP contribution in [0.3, 0.4) is 0 Å². The molecule has 0 radical (unpaired) electrons. The maximum Gasteiger partial charge on any atom is 0.0151 e. The minimum atomic E-state index is 0.702. The lowest BCUT2D eigenvalue weighted by Crippen LogP contribution is -2.29. The first-order valence-electron chi connectivity index (χ1n) is 6.31. The highest BCUT2D eigenvalue weighted by molar-refractivity contribution is 9.09. The van der Waals surface area contributed by atoms with Crippen molar-refractivity contribution in [2.45, 2.75) is 56.7 Å². The van der Waals surface area contributed by atoms with E-state index >= 15 is 0 Å². The molecule has 5 unspecified atom stereocenters. The Balaban J connectivity index is 1.76. The van der Waals surface area contributed by atoms with Gasteiger partial charge in [-0.1, -0.05) is 29.3 Å². The summed E-state index contributed by atoms with van der Waals surface area (Å²) in [5.74, 6) is 3.32. The van der Waals surface area contributed by atoms with Crippen LogP contribution in [0.5, 0.6) is 0 Å². The van der Waals surface area contributed by atoms with Gasteiger partial charge < -0.3 is 0 Å². The monoisotopic (exact) mass is 256 g/mol. The number of rotatable bonds is 1. The van der Waals surface area contributed by atoms with E-state index in [0.29, 0.717) is 5.41 Å². The lowest BCUT2D eigenvalue weighted by molar-refractivity contribution is 0.128. The molecule has 3 aliphatic carbocycles. The predicted octanol–water partition coefficient (Wildman–Crippen LogP) is 4.38. The molecule has 3 rings (SSSR count). The molecular weight excluding hydrogens is 236 g/mol. The molecule has 0 aromatic carbocycles. The van der Waals surface area contributed by atoms with E-state index in [0.717, 1.165) is 22.6 Å². The first kappa shape index (κ1) is 9.69. The van der Waals surface area contributed by atoms with E-state index in [4.69, 9.17) is 0 Å². The summed E-state index contributed by atoms with van der Waals surface area (Å²) in [5, 5.41) is 0. The smallest absolute Gasteiger partial charge is 0.0151 e. The number of fused-ring (bicyclic) bond motifs is 2. The Hall–Kier alpha value is 0.480. The maximum atomic E-state index is 3.81. The van der Waals surface area contributed by atoms with E-state index in [9.17, 15) is 0 Å². The first-order valence-corrected chi connectivity index (χ1v) is 7.23. The van der Waals surface area contributed by atoms with Crippen LogP contribution in [0.2, 0.25) is 0 Å². The molecule has 0 saturated heterocycles. The minimum Gasteiger partial charge on any atom is -0.0890 e. The zero-order chi connectivity index (χ0) is 9.76. The van der Waals surface area contributed by atoms with E-state index in [-0.39, 0.29) is 0 Å². The number of alkyl halides is 1. The zero-order valence-corrected chi connectivity index (χ0v) is 10.7. The van der Waals surface area contributed by atoms with Crippen LogP contribution in [0.4, 0.5) is 0 Å². The van der Waals surface area contributed by atoms with Crippen molar-refractivity contribution in [2.75, 3.05) is 0 Å². The molecular formula is C13H21Br. The average Bonchev–Trinajstić information content (AvgIpc) is 2.80. The highest BCUT2D eigenvalue weighted by Gasteiger charge is 2.50. The van der Waals surface area contributed by atoms with Crippen LogP contribution >= 0.6 is 15.9 Å². The van der Waals surface area contributed by atoms with Gasteiger partial charge in [0.15, 0.2) is 0 Å². The van der Waals surface area contributed by atoms with Gasteiger partial charge in [-0.25, -0.2) is 0 Å². The quantitative estimate of drug-likeness (QED) is 0.612. The summed E-state index contributed by atoms with van der Waals surface area (Å²) in [5.41, 5.74) is 0.702. The van der Waals surface area contributed by atoms with Gasteiger partial charge in [0.05, 0.1) is 0 Å². The van der Waals surface area contributed by atoms with Gasteiger partial charge in [-0.2, -0.15) is 0 Å². The summed E-state index contributed by atoms with van der Waals surface area (Å²) in [4.78, 5) is 0.826. The predicted molar refractivity (Wildman–Crippen MR) is 63.6 cm³/mol. The fourth-order valence-electron chi connectivity index (χ4n) is 4.63. The fourth-order valence-corrected chi connectivity index (χ4v) is 5.60. The van der Waals surface area contributed by atoms with Crippen LogP contribution in [-0.2, 0) is 0 Å². The molecule has 0 aromatic rings. The van der Waals surface area contributed by atoms with Crippen LogP contribution in [-0.4, -0.2) is 4.83 Å². The minimum absolute atomic E-state index is 0.702. The SMILES string of the molecule is CC1(C2CC3CCC2C3)CCC(Br)C1. The molecule has 3 fully saturated rings. The average molecular weight is 257 g/mol. The fraction of sp³-hybridized carbons (Fsp3) is 1.00. The zero-order valence-electron chi connectivity index (χ0n) is 9.14. The van der Waals surface area contributed by atoms with Gasteiger partial charge in [0.2, 0.25) is 0 Å². The molecule has 0 amide bonds. The van der Waals surface area contributed by atoms with Crippen molar-refractivity contribution in [1.29, 1.82) is 0 Å². The van der Waals surface area contributed by atoms with E-state index in [1.54, 1.807) is 25.7 Å². The summed E-state index contributed by atoms with van der Waals surface area (Å²) in [6, 6.07) is 0. The molecule has 5 atom stereocenters. The Morgan fingerprint density at radius 1 is 1.14 bits per heavy atom. The molecule has 80 valence electrons. The van der Waals surface area contributed by atoms with E-state index < -0.39 is 0 Å². The van der Waals surface area contributed by atoms with Crippen LogP contribution in [0.1, 0.15) is 51.9 Å². The van der Waals surface area contributed by atoms with Gasteiger partial charge in [-0.05, 0) is 61.7 Å².